The predicted octanol–water partition coefficient (Wildman–Crippen LogP) is 3.52. The van der Waals surface area contributed by atoms with Gasteiger partial charge in [0.2, 0.25) is 9.84 Å². The van der Waals surface area contributed by atoms with E-state index in [1.807, 2.05) is 0 Å². The molecule has 0 amide bonds. The van der Waals surface area contributed by atoms with E-state index in [-0.39, 0.29) is 20.4 Å². The van der Waals surface area contributed by atoms with Crippen molar-refractivity contribution in [3.05, 3.63) is 58.1 Å². The van der Waals surface area contributed by atoms with Gasteiger partial charge in [-0.3, -0.25) is 0 Å². The Kier molecular flexibility index (Phi) is 4.04. The van der Waals surface area contributed by atoms with Crippen molar-refractivity contribution in [2.24, 2.45) is 0 Å². The van der Waals surface area contributed by atoms with Gasteiger partial charge in [-0.05, 0) is 42.5 Å². The summed E-state index contributed by atoms with van der Waals surface area (Å²) in [4.78, 5) is 10.7. The summed E-state index contributed by atoms with van der Waals surface area (Å²) in [6.45, 7) is 0. The third-order valence-electron chi connectivity index (χ3n) is 2.59. The first-order valence-corrected chi connectivity index (χ1v) is 7.60. The number of aromatic carboxylic acids is 1. The van der Waals surface area contributed by atoms with Crippen molar-refractivity contribution in [3.63, 3.8) is 0 Å². The Bertz CT molecular complexity index is 767. The fourth-order valence-corrected chi connectivity index (χ4v) is 3.49. The molecule has 0 saturated heterocycles. The number of hydrogen-bond donors (Lipinski definition) is 1. The van der Waals surface area contributed by atoms with Gasteiger partial charge < -0.3 is 5.11 Å². The third kappa shape index (κ3) is 2.80. The maximum Gasteiger partial charge on any atom is 0.335 e. The number of sulfone groups is 1. The molecular weight excluding hydrogens is 323 g/mol. The van der Waals surface area contributed by atoms with Crippen LogP contribution in [0.2, 0.25) is 10.0 Å². The van der Waals surface area contributed by atoms with Gasteiger partial charge in [-0.25, -0.2) is 13.2 Å². The summed E-state index contributed by atoms with van der Waals surface area (Å²) >= 11 is 11.6. The van der Waals surface area contributed by atoms with E-state index in [2.05, 4.69) is 0 Å². The molecule has 2 aromatic carbocycles. The monoisotopic (exact) mass is 330 g/mol. The van der Waals surface area contributed by atoms with Crippen molar-refractivity contribution in [3.8, 4) is 0 Å². The average Bonchev–Trinajstić information content (AvgIpc) is 2.39. The largest absolute Gasteiger partial charge is 0.478 e. The highest BCUT2D eigenvalue weighted by Gasteiger charge is 2.22. The minimum absolute atomic E-state index is 0.00802. The predicted molar refractivity (Wildman–Crippen MR) is 75.3 cm³/mol. The number of halogens is 2. The standard InChI is InChI=1S/C13H8Cl2O4S/c14-9-2-4-10(5-3-9)20(18,19)12-7-8(13(16)17)1-6-11(12)15/h1-7H,(H,16,17). The molecule has 2 aromatic rings. The molecule has 4 nitrogen and oxygen atoms in total. The Morgan fingerprint density at radius 1 is 1.00 bits per heavy atom. The summed E-state index contributed by atoms with van der Waals surface area (Å²) in [5.41, 5.74) is -0.151. The normalized spacial score (nSPS) is 11.3. The van der Waals surface area contributed by atoms with E-state index in [1.54, 1.807) is 0 Å². The lowest BCUT2D eigenvalue weighted by molar-refractivity contribution is 0.0696. The van der Waals surface area contributed by atoms with E-state index < -0.39 is 15.8 Å². The van der Waals surface area contributed by atoms with Gasteiger partial charge in [0.1, 0.15) is 0 Å². The van der Waals surface area contributed by atoms with Crippen molar-refractivity contribution in [1.29, 1.82) is 0 Å². The second-order valence-corrected chi connectivity index (χ2v) is 6.67. The summed E-state index contributed by atoms with van der Waals surface area (Å²) in [6, 6.07) is 9.06. The lowest BCUT2D eigenvalue weighted by atomic mass is 10.2. The Morgan fingerprint density at radius 3 is 2.15 bits per heavy atom. The van der Waals surface area contributed by atoms with E-state index in [1.165, 1.54) is 36.4 Å². The van der Waals surface area contributed by atoms with Gasteiger partial charge in [0.15, 0.2) is 0 Å². The number of carboxylic acid groups (broad SMARTS) is 1. The quantitative estimate of drug-likeness (QED) is 0.934. The second kappa shape index (κ2) is 5.44. The fourth-order valence-electron chi connectivity index (χ4n) is 1.58. The molecule has 1 N–H and O–H groups in total. The average molecular weight is 331 g/mol. The van der Waals surface area contributed by atoms with Crippen molar-refractivity contribution in [1.82, 2.24) is 0 Å². The highest BCUT2D eigenvalue weighted by molar-refractivity contribution is 7.91. The molecule has 0 fully saturated rings. The zero-order valence-electron chi connectivity index (χ0n) is 9.88. The van der Waals surface area contributed by atoms with Crippen LogP contribution in [0.15, 0.2) is 52.3 Å². The molecule has 0 aromatic heterocycles. The van der Waals surface area contributed by atoms with Gasteiger partial charge in [-0.15, -0.1) is 0 Å². The van der Waals surface area contributed by atoms with Crippen LogP contribution in [-0.2, 0) is 9.84 Å². The molecule has 0 radical (unpaired) electrons. The van der Waals surface area contributed by atoms with Crippen LogP contribution in [-0.4, -0.2) is 19.5 Å². The highest BCUT2D eigenvalue weighted by atomic mass is 35.5. The smallest absolute Gasteiger partial charge is 0.335 e. The molecule has 0 aliphatic carbocycles. The summed E-state index contributed by atoms with van der Waals surface area (Å²) in [6.07, 6.45) is 0. The minimum atomic E-state index is -3.90. The Morgan fingerprint density at radius 2 is 1.60 bits per heavy atom. The molecule has 0 aliphatic rings. The van der Waals surface area contributed by atoms with Crippen molar-refractivity contribution >= 4 is 39.0 Å². The molecule has 2 rings (SSSR count). The van der Waals surface area contributed by atoms with Crippen LogP contribution < -0.4 is 0 Å². The summed E-state index contributed by atoms with van der Waals surface area (Å²) in [5, 5.41) is 9.28. The molecule has 20 heavy (non-hydrogen) atoms. The maximum absolute atomic E-state index is 12.4. The minimum Gasteiger partial charge on any atom is -0.478 e. The van der Waals surface area contributed by atoms with Gasteiger partial charge >= 0.3 is 5.97 Å². The summed E-state index contributed by atoms with van der Waals surface area (Å²) in [7, 11) is -3.90. The molecule has 0 bridgehead atoms. The topological polar surface area (TPSA) is 71.4 Å². The third-order valence-corrected chi connectivity index (χ3v) is 5.09. The van der Waals surface area contributed by atoms with Gasteiger partial charge in [0, 0.05) is 5.02 Å². The number of benzene rings is 2. The molecule has 0 aliphatic heterocycles. The van der Waals surface area contributed by atoms with E-state index >= 15 is 0 Å². The van der Waals surface area contributed by atoms with Gasteiger partial charge in [-0.2, -0.15) is 0 Å². The first kappa shape index (κ1) is 14.8. The van der Waals surface area contributed by atoms with E-state index in [0.717, 1.165) is 6.07 Å². The molecule has 0 saturated carbocycles. The van der Waals surface area contributed by atoms with Crippen LogP contribution in [0, 0.1) is 0 Å². The van der Waals surface area contributed by atoms with Crippen molar-refractivity contribution in [2.45, 2.75) is 9.79 Å². The number of rotatable bonds is 3. The van der Waals surface area contributed by atoms with Crippen LogP contribution in [0.5, 0.6) is 0 Å². The molecule has 7 heteroatoms. The summed E-state index contributed by atoms with van der Waals surface area (Å²) < 4.78 is 24.8. The lowest BCUT2D eigenvalue weighted by Gasteiger charge is -2.07. The van der Waals surface area contributed by atoms with Crippen LogP contribution >= 0.6 is 23.2 Å². The Labute approximate surface area is 125 Å². The maximum atomic E-state index is 12.4. The Hall–Kier alpha value is -1.56. The van der Waals surface area contributed by atoms with E-state index in [9.17, 15) is 13.2 Å². The first-order chi connectivity index (χ1) is 9.32. The van der Waals surface area contributed by atoms with Crippen molar-refractivity contribution in [2.75, 3.05) is 0 Å². The van der Waals surface area contributed by atoms with Crippen LogP contribution in [0.1, 0.15) is 10.4 Å². The molecule has 104 valence electrons. The SMILES string of the molecule is O=C(O)c1ccc(Cl)c(S(=O)(=O)c2ccc(Cl)cc2)c1. The first-order valence-electron chi connectivity index (χ1n) is 5.36. The summed E-state index contributed by atoms with van der Waals surface area (Å²) in [5.74, 6) is -1.23. The van der Waals surface area contributed by atoms with Gasteiger partial charge in [0.05, 0.1) is 20.4 Å². The van der Waals surface area contributed by atoms with Gasteiger partial charge in [0.25, 0.3) is 0 Å². The second-order valence-electron chi connectivity index (χ2n) is 3.91. The zero-order chi connectivity index (χ0) is 14.9. The molecular formula is C13H8Cl2O4S. The van der Waals surface area contributed by atoms with Crippen LogP contribution in [0.25, 0.3) is 0 Å². The van der Waals surface area contributed by atoms with Crippen LogP contribution in [0.3, 0.4) is 0 Å². The van der Waals surface area contributed by atoms with Gasteiger partial charge in [-0.1, -0.05) is 23.2 Å². The highest BCUT2D eigenvalue weighted by Crippen LogP contribution is 2.29. The van der Waals surface area contributed by atoms with Crippen molar-refractivity contribution < 1.29 is 18.3 Å². The Balaban J connectivity index is 2.62. The zero-order valence-corrected chi connectivity index (χ0v) is 12.2. The number of carbonyl (C=O) groups is 1. The molecule has 0 unspecified atom stereocenters. The van der Waals surface area contributed by atoms with Crippen LogP contribution in [0.4, 0.5) is 0 Å². The van der Waals surface area contributed by atoms with E-state index in [0.29, 0.717) is 5.02 Å². The lowest BCUT2D eigenvalue weighted by Crippen LogP contribution is -2.05. The fraction of sp³-hybridized carbons (Fsp3) is 0. The molecule has 0 atom stereocenters. The molecule has 0 heterocycles. The number of carboxylic acids is 1. The molecule has 0 spiro atoms. The van der Waals surface area contributed by atoms with E-state index in [4.69, 9.17) is 28.3 Å². The number of hydrogen-bond acceptors (Lipinski definition) is 3.